The van der Waals surface area contributed by atoms with E-state index in [1.807, 2.05) is 0 Å². The van der Waals surface area contributed by atoms with Crippen molar-refractivity contribution in [2.75, 3.05) is 0 Å². The summed E-state index contributed by atoms with van der Waals surface area (Å²) in [4.78, 5) is 0. The molecule has 0 rings (SSSR count). The van der Waals surface area contributed by atoms with Gasteiger partial charge in [0.15, 0.2) is 0 Å². The minimum Gasteiger partial charge on any atom is -1.00 e. The Balaban J connectivity index is 0. The van der Waals surface area contributed by atoms with Crippen molar-refractivity contribution in [2.24, 2.45) is 0 Å². The maximum Gasteiger partial charge on any atom is 6.00 e. The van der Waals surface area contributed by atoms with Gasteiger partial charge in [0.25, 0.3) is 0 Å². The average Bonchev–Trinajstić information content (AvgIpc) is 0. The molecule has 0 aliphatic carbocycles. The van der Waals surface area contributed by atoms with Gasteiger partial charge in [-0.25, -0.2) is 0 Å². The van der Waals surface area contributed by atoms with Crippen molar-refractivity contribution in [1.82, 2.24) is 0 Å². The molecule has 0 unspecified atom stereocenters. The van der Waals surface area contributed by atoms with E-state index in [0.717, 1.165) is 0 Å². The summed E-state index contributed by atoms with van der Waals surface area (Å²) >= 11 is 0. The molecule has 0 spiro atoms. The van der Waals surface area contributed by atoms with E-state index in [9.17, 15) is 0 Å². The van der Waals surface area contributed by atoms with Crippen LogP contribution in [0.5, 0.6) is 0 Å². The maximum absolute atomic E-state index is 0. The van der Waals surface area contributed by atoms with E-state index < -0.39 is 0 Å². The maximum atomic E-state index is 0. The normalized spacial score (nSPS) is 0. The smallest absolute Gasteiger partial charge is 1.00 e. The quantitative estimate of drug-likeness (QED) is 0.547. The molecule has 7 heavy (non-hydrogen) atoms. The van der Waals surface area contributed by atoms with Gasteiger partial charge < -0.3 is 47.7 Å². The molecule has 5 nitrogen and oxygen atoms in total. The van der Waals surface area contributed by atoms with E-state index >= 15 is 0 Å². The zero-order valence-electron chi connectivity index (χ0n) is 3.67. The summed E-state index contributed by atoms with van der Waals surface area (Å²) in [6.07, 6.45) is 0. The van der Waals surface area contributed by atoms with Crippen LogP contribution in [0.25, 0.3) is 30.8 Å². The van der Waals surface area contributed by atoms with Crippen molar-refractivity contribution in [2.45, 2.75) is 0 Å². The average molecular weight is 212 g/mol. The van der Waals surface area contributed by atoms with E-state index in [2.05, 4.69) is 0 Å². The second-order valence-corrected chi connectivity index (χ2v) is 0. The molecule has 48 valence electrons. The Bertz CT molecular complexity index is 8.04. The van der Waals surface area contributed by atoms with Crippen LogP contribution < -0.4 is 17.0 Å². The third-order valence-electron chi connectivity index (χ3n) is 0. The summed E-state index contributed by atoms with van der Waals surface area (Å²) in [6, 6.07) is 0. The molecule has 7 heteroatoms. The van der Waals surface area contributed by atoms with Gasteiger partial charge in [-0.15, -0.1) is 0 Å². The SMILES string of the molecule is [Br-].[Cr+6].[NH2-].[NH2-].[NH2-].[NH2-].[NH2-]. The molecular weight excluding hydrogens is 202 g/mol. The van der Waals surface area contributed by atoms with Crippen LogP contribution in [0.1, 0.15) is 0 Å². The van der Waals surface area contributed by atoms with E-state index in [0.29, 0.717) is 0 Å². The first-order valence-electron chi connectivity index (χ1n) is 0. The fourth-order valence-corrected chi connectivity index (χ4v) is 0. The first kappa shape index (κ1) is 549. The zero-order valence-corrected chi connectivity index (χ0v) is 6.53. The van der Waals surface area contributed by atoms with Gasteiger partial charge in [-0.3, -0.25) is 0 Å². The molecular formula is H10BrCrN5. The van der Waals surface area contributed by atoms with Gasteiger partial charge in [-0.2, -0.15) is 0 Å². The van der Waals surface area contributed by atoms with E-state index in [1.165, 1.54) is 0 Å². The molecule has 10 N–H and O–H groups in total. The van der Waals surface area contributed by atoms with Gasteiger partial charge in [-0.1, -0.05) is 0 Å². The van der Waals surface area contributed by atoms with E-state index in [-0.39, 0.29) is 65.1 Å². The van der Waals surface area contributed by atoms with Crippen LogP contribution in [0.3, 0.4) is 0 Å². The zero-order chi connectivity index (χ0) is 0. The number of hydrogen-bond acceptors (Lipinski definition) is 0. The molecule has 0 bridgehead atoms. The van der Waals surface area contributed by atoms with Crippen molar-refractivity contribution in [3.63, 3.8) is 0 Å². The number of hydrogen-bond donors (Lipinski definition) is 0. The number of halogens is 1. The third-order valence-corrected chi connectivity index (χ3v) is 0. The predicted octanol–water partition coefficient (Wildman–Crippen LogP) is 0.587. The summed E-state index contributed by atoms with van der Waals surface area (Å²) in [5.74, 6) is 0. The minimum absolute atomic E-state index is 0. The summed E-state index contributed by atoms with van der Waals surface area (Å²) < 4.78 is 0. The van der Waals surface area contributed by atoms with Crippen LogP contribution >= 0.6 is 0 Å². The molecule has 0 aromatic carbocycles. The number of nitrogens with two attached hydrogens (primary N) is 5. The summed E-state index contributed by atoms with van der Waals surface area (Å²) in [7, 11) is 0. The number of rotatable bonds is 0. The fourth-order valence-electron chi connectivity index (χ4n) is 0. The molecule has 0 fully saturated rings. The Kier molecular flexibility index (Phi) is 27400. The monoisotopic (exact) mass is 211 g/mol. The molecule has 0 aromatic heterocycles. The van der Waals surface area contributed by atoms with Gasteiger partial charge in [0.05, 0.1) is 0 Å². The first-order chi connectivity index (χ1) is 0. The predicted molar refractivity (Wildman–Crippen MR) is 26.4 cm³/mol. The fraction of sp³-hybridized carbons (Fsp3) is 0. The second kappa shape index (κ2) is 349. The molecule has 0 saturated heterocycles. The van der Waals surface area contributed by atoms with Crippen LogP contribution in [-0.2, 0) is 17.4 Å². The van der Waals surface area contributed by atoms with Gasteiger partial charge in [0, 0.05) is 0 Å². The molecule has 0 aliphatic rings. The van der Waals surface area contributed by atoms with Crippen LogP contribution in [-0.4, -0.2) is 0 Å². The van der Waals surface area contributed by atoms with Crippen molar-refractivity contribution in [3.8, 4) is 0 Å². The van der Waals surface area contributed by atoms with Gasteiger partial charge in [-0.05, 0) is 0 Å². The Hall–Kier alpha value is 0.812. The molecule has 0 heterocycles. The minimum atomic E-state index is 0. The van der Waals surface area contributed by atoms with Crippen molar-refractivity contribution in [3.05, 3.63) is 30.8 Å². The van der Waals surface area contributed by atoms with Gasteiger partial charge >= 0.3 is 17.4 Å². The second-order valence-electron chi connectivity index (χ2n) is 0. The first-order valence-corrected chi connectivity index (χ1v) is 0. The molecule has 0 atom stereocenters. The Morgan fingerprint density at radius 3 is 0.429 bits per heavy atom. The molecule has 0 radical (unpaired) electrons. The molecule has 0 saturated carbocycles. The molecule has 0 aliphatic heterocycles. The molecule has 0 amide bonds. The summed E-state index contributed by atoms with van der Waals surface area (Å²) in [6.45, 7) is 0. The van der Waals surface area contributed by atoms with Crippen LogP contribution in [0.15, 0.2) is 0 Å². The van der Waals surface area contributed by atoms with Crippen LogP contribution in [0.4, 0.5) is 0 Å². The topological polar surface area (TPSA) is 168 Å². The van der Waals surface area contributed by atoms with Crippen LogP contribution in [0.2, 0.25) is 0 Å². The van der Waals surface area contributed by atoms with Gasteiger partial charge in [0.1, 0.15) is 0 Å². The third kappa shape index (κ3) is 239. The van der Waals surface area contributed by atoms with Crippen molar-refractivity contribution >= 4 is 0 Å². The summed E-state index contributed by atoms with van der Waals surface area (Å²) in [5, 5.41) is 0. The largest absolute Gasteiger partial charge is 6.00 e. The van der Waals surface area contributed by atoms with Crippen LogP contribution in [0, 0.1) is 0 Å². The molecule has 0 aromatic rings. The van der Waals surface area contributed by atoms with E-state index in [4.69, 9.17) is 0 Å². The van der Waals surface area contributed by atoms with E-state index in [1.54, 1.807) is 0 Å². The van der Waals surface area contributed by atoms with Gasteiger partial charge in [0.2, 0.25) is 0 Å². The Morgan fingerprint density at radius 1 is 0.429 bits per heavy atom. The Morgan fingerprint density at radius 2 is 0.429 bits per heavy atom. The Labute approximate surface area is 65.4 Å². The summed E-state index contributed by atoms with van der Waals surface area (Å²) in [5.41, 5.74) is 0. The van der Waals surface area contributed by atoms with Crippen molar-refractivity contribution < 1.29 is 34.3 Å². The van der Waals surface area contributed by atoms with Crippen molar-refractivity contribution in [1.29, 1.82) is 0 Å². The standard InChI is InChI=1S/BrH.Cr.5H2N/h1H;;5*1H2/q;+6;5*-1/p-1.